The number of nitrogens with one attached hydrogen (secondary N) is 1. The van der Waals surface area contributed by atoms with E-state index < -0.39 is 0 Å². The molecule has 2 saturated carbocycles. The highest BCUT2D eigenvalue weighted by Gasteiger charge is 2.39. The van der Waals surface area contributed by atoms with Crippen LogP contribution in [-0.4, -0.2) is 12.1 Å². The second-order valence-electron chi connectivity index (χ2n) is 5.05. The number of hydrogen-bond acceptors (Lipinski definition) is 2. The molecule has 2 unspecified atom stereocenters. The summed E-state index contributed by atoms with van der Waals surface area (Å²) in [4.78, 5) is 0. The summed E-state index contributed by atoms with van der Waals surface area (Å²) in [5, 5.41) is 12.9. The standard InChI is InChI=1S/C12H20N2/c1-10-4-2-3-7-12(10,9-13)14-8-11-5-6-11/h10-11,14H,2-8H2,1H3. The van der Waals surface area contributed by atoms with Crippen LogP contribution in [0.1, 0.15) is 45.4 Å². The molecular weight excluding hydrogens is 172 g/mol. The molecule has 2 fully saturated rings. The molecule has 2 heteroatoms. The van der Waals surface area contributed by atoms with Gasteiger partial charge in [0.05, 0.1) is 6.07 Å². The van der Waals surface area contributed by atoms with E-state index in [0.29, 0.717) is 5.92 Å². The first-order valence-corrected chi connectivity index (χ1v) is 5.93. The quantitative estimate of drug-likeness (QED) is 0.745. The molecule has 2 atom stereocenters. The SMILES string of the molecule is CC1CCCCC1(C#N)NCC1CC1. The molecule has 2 aliphatic rings. The smallest absolute Gasteiger partial charge is 0.109 e. The van der Waals surface area contributed by atoms with Gasteiger partial charge in [0.15, 0.2) is 0 Å². The fourth-order valence-corrected chi connectivity index (χ4v) is 2.46. The van der Waals surface area contributed by atoms with Crippen LogP contribution in [0.2, 0.25) is 0 Å². The van der Waals surface area contributed by atoms with Crippen molar-refractivity contribution in [2.75, 3.05) is 6.54 Å². The summed E-state index contributed by atoms with van der Waals surface area (Å²) in [7, 11) is 0. The molecular formula is C12H20N2. The highest BCUT2D eigenvalue weighted by Crippen LogP contribution is 2.35. The third kappa shape index (κ3) is 1.93. The lowest BCUT2D eigenvalue weighted by Gasteiger charge is -2.37. The lowest BCUT2D eigenvalue weighted by molar-refractivity contribution is 0.210. The van der Waals surface area contributed by atoms with E-state index in [0.717, 1.165) is 18.9 Å². The lowest BCUT2D eigenvalue weighted by Crippen LogP contribution is -2.51. The summed E-state index contributed by atoms with van der Waals surface area (Å²) < 4.78 is 0. The number of nitriles is 1. The van der Waals surface area contributed by atoms with Crippen LogP contribution >= 0.6 is 0 Å². The van der Waals surface area contributed by atoms with Gasteiger partial charge in [-0.2, -0.15) is 5.26 Å². The lowest BCUT2D eigenvalue weighted by atomic mass is 9.74. The molecule has 2 rings (SSSR count). The Bertz CT molecular complexity index is 239. The highest BCUT2D eigenvalue weighted by molar-refractivity contribution is 5.11. The van der Waals surface area contributed by atoms with E-state index in [2.05, 4.69) is 18.3 Å². The van der Waals surface area contributed by atoms with E-state index in [-0.39, 0.29) is 5.54 Å². The van der Waals surface area contributed by atoms with Crippen LogP contribution in [0.3, 0.4) is 0 Å². The second kappa shape index (κ2) is 3.90. The van der Waals surface area contributed by atoms with Gasteiger partial charge in [-0.1, -0.05) is 19.8 Å². The zero-order valence-corrected chi connectivity index (χ0v) is 9.05. The normalized spacial score (nSPS) is 37.9. The molecule has 78 valence electrons. The average molecular weight is 192 g/mol. The maximum Gasteiger partial charge on any atom is 0.109 e. The summed E-state index contributed by atoms with van der Waals surface area (Å²) >= 11 is 0. The Morgan fingerprint density at radius 1 is 1.36 bits per heavy atom. The van der Waals surface area contributed by atoms with E-state index in [9.17, 15) is 5.26 Å². The minimum Gasteiger partial charge on any atom is -0.299 e. The molecule has 0 aromatic heterocycles. The van der Waals surface area contributed by atoms with Gasteiger partial charge in [0.2, 0.25) is 0 Å². The van der Waals surface area contributed by atoms with Crippen molar-refractivity contribution >= 4 is 0 Å². The summed E-state index contributed by atoms with van der Waals surface area (Å²) in [6, 6.07) is 2.54. The first-order chi connectivity index (χ1) is 6.77. The Balaban J connectivity index is 1.95. The van der Waals surface area contributed by atoms with Crippen molar-refractivity contribution in [2.45, 2.75) is 51.0 Å². The van der Waals surface area contributed by atoms with Crippen LogP contribution < -0.4 is 5.32 Å². The third-order valence-corrected chi connectivity index (χ3v) is 3.90. The Labute approximate surface area is 86.7 Å². The van der Waals surface area contributed by atoms with E-state index in [1.54, 1.807) is 0 Å². The van der Waals surface area contributed by atoms with Crippen LogP contribution in [0.15, 0.2) is 0 Å². The molecule has 2 nitrogen and oxygen atoms in total. The minimum atomic E-state index is -0.194. The maximum absolute atomic E-state index is 9.33. The van der Waals surface area contributed by atoms with Crippen molar-refractivity contribution in [1.82, 2.24) is 5.32 Å². The van der Waals surface area contributed by atoms with Crippen LogP contribution in [0.5, 0.6) is 0 Å². The highest BCUT2D eigenvalue weighted by atomic mass is 15.0. The summed E-state index contributed by atoms with van der Waals surface area (Å²) in [5.74, 6) is 1.40. The fourth-order valence-electron chi connectivity index (χ4n) is 2.46. The van der Waals surface area contributed by atoms with Gasteiger partial charge in [0.1, 0.15) is 5.54 Å². The molecule has 0 bridgehead atoms. The summed E-state index contributed by atoms with van der Waals surface area (Å²) in [5.41, 5.74) is -0.194. The molecule has 0 spiro atoms. The summed E-state index contributed by atoms with van der Waals surface area (Å²) in [6.45, 7) is 3.29. The van der Waals surface area contributed by atoms with Crippen LogP contribution in [-0.2, 0) is 0 Å². The Hall–Kier alpha value is -0.550. The van der Waals surface area contributed by atoms with Crippen molar-refractivity contribution in [2.24, 2.45) is 11.8 Å². The van der Waals surface area contributed by atoms with Crippen LogP contribution in [0.4, 0.5) is 0 Å². The maximum atomic E-state index is 9.33. The Kier molecular flexibility index (Phi) is 2.78. The van der Waals surface area contributed by atoms with Gasteiger partial charge in [-0.15, -0.1) is 0 Å². The van der Waals surface area contributed by atoms with Gasteiger partial charge in [0.25, 0.3) is 0 Å². The first kappa shape index (κ1) is 9.98. The monoisotopic (exact) mass is 192 g/mol. The number of rotatable bonds is 3. The molecule has 2 aliphatic carbocycles. The van der Waals surface area contributed by atoms with Gasteiger partial charge in [-0.25, -0.2) is 0 Å². The molecule has 1 N–H and O–H groups in total. The van der Waals surface area contributed by atoms with Crippen molar-refractivity contribution < 1.29 is 0 Å². The van der Waals surface area contributed by atoms with E-state index >= 15 is 0 Å². The zero-order chi connectivity index (χ0) is 10.0. The van der Waals surface area contributed by atoms with Gasteiger partial charge < -0.3 is 0 Å². The molecule has 0 aliphatic heterocycles. The molecule has 0 aromatic carbocycles. The average Bonchev–Trinajstić information content (AvgIpc) is 3.01. The number of nitrogens with zero attached hydrogens (tertiary/aromatic N) is 1. The third-order valence-electron chi connectivity index (χ3n) is 3.90. The Morgan fingerprint density at radius 2 is 2.14 bits per heavy atom. The summed E-state index contributed by atoms with van der Waals surface area (Å²) in [6.07, 6.45) is 7.51. The first-order valence-electron chi connectivity index (χ1n) is 5.93. The molecule has 14 heavy (non-hydrogen) atoms. The van der Waals surface area contributed by atoms with Crippen molar-refractivity contribution in [1.29, 1.82) is 5.26 Å². The molecule has 0 heterocycles. The molecule has 0 aromatic rings. The Morgan fingerprint density at radius 3 is 2.71 bits per heavy atom. The zero-order valence-electron chi connectivity index (χ0n) is 9.05. The van der Waals surface area contributed by atoms with E-state index in [1.807, 2.05) is 0 Å². The minimum absolute atomic E-state index is 0.194. The predicted molar refractivity (Wildman–Crippen MR) is 56.7 cm³/mol. The van der Waals surface area contributed by atoms with E-state index in [1.165, 1.54) is 32.1 Å². The number of hydrogen-bond donors (Lipinski definition) is 1. The van der Waals surface area contributed by atoms with Gasteiger partial charge in [-0.05, 0) is 44.1 Å². The van der Waals surface area contributed by atoms with Gasteiger partial charge >= 0.3 is 0 Å². The molecule has 0 radical (unpaired) electrons. The van der Waals surface area contributed by atoms with E-state index in [4.69, 9.17) is 0 Å². The van der Waals surface area contributed by atoms with Gasteiger partial charge in [-0.3, -0.25) is 5.32 Å². The van der Waals surface area contributed by atoms with Crippen LogP contribution in [0, 0.1) is 23.2 Å². The largest absolute Gasteiger partial charge is 0.299 e. The molecule has 0 amide bonds. The second-order valence-corrected chi connectivity index (χ2v) is 5.05. The fraction of sp³-hybridized carbons (Fsp3) is 0.917. The topological polar surface area (TPSA) is 35.8 Å². The predicted octanol–water partition coefficient (Wildman–Crippen LogP) is 2.46. The van der Waals surface area contributed by atoms with Crippen molar-refractivity contribution in [3.8, 4) is 6.07 Å². The van der Waals surface area contributed by atoms with Crippen molar-refractivity contribution in [3.63, 3.8) is 0 Å². The van der Waals surface area contributed by atoms with Crippen molar-refractivity contribution in [3.05, 3.63) is 0 Å². The van der Waals surface area contributed by atoms with Crippen LogP contribution in [0.25, 0.3) is 0 Å². The van der Waals surface area contributed by atoms with Gasteiger partial charge in [0, 0.05) is 0 Å². The molecule has 0 saturated heterocycles.